The quantitative estimate of drug-likeness (QED) is 0.414. The first-order chi connectivity index (χ1) is 17.5. The van der Waals surface area contributed by atoms with Gasteiger partial charge in [0.15, 0.2) is 0 Å². The molecule has 4 N–H and O–H groups in total. The van der Waals surface area contributed by atoms with Gasteiger partial charge in [-0.25, -0.2) is 9.97 Å². The van der Waals surface area contributed by atoms with E-state index in [4.69, 9.17) is 9.47 Å². The zero-order valence-electron chi connectivity index (χ0n) is 20.6. The van der Waals surface area contributed by atoms with Gasteiger partial charge in [-0.15, -0.1) is 0 Å². The zero-order chi connectivity index (χ0) is 25.4. The van der Waals surface area contributed by atoms with Gasteiger partial charge in [0.1, 0.15) is 24.0 Å². The number of rotatable bonds is 9. The van der Waals surface area contributed by atoms with E-state index in [0.29, 0.717) is 55.5 Å². The van der Waals surface area contributed by atoms with Gasteiger partial charge in [0.2, 0.25) is 5.91 Å². The van der Waals surface area contributed by atoms with E-state index in [0.717, 1.165) is 25.7 Å². The van der Waals surface area contributed by atoms with Crippen LogP contribution in [-0.2, 0) is 14.3 Å². The fraction of sp³-hybridized carbons (Fsp3) is 0.538. The number of hydrogen-bond acceptors (Lipinski definition) is 9. The topological polar surface area (TPSA) is 141 Å². The third-order valence-electron chi connectivity index (χ3n) is 6.92. The number of nitrogens with one attached hydrogen (secondary N) is 3. The van der Waals surface area contributed by atoms with Crippen molar-refractivity contribution in [2.45, 2.75) is 50.6 Å². The predicted octanol–water partition coefficient (Wildman–Crippen LogP) is 3.07. The molecule has 0 atom stereocenters. The van der Waals surface area contributed by atoms with Crippen molar-refractivity contribution in [3.05, 3.63) is 30.5 Å². The number of aromatic nitrogens is 2. The molecule has 36 heavy (non-hydrogen) atoms. The maximum absolute atomic E-state index is 11.7. The summed E-state index contributed by atoms with van der Waals surface area (Å²) in [6, 6.07) is 10.2. The summed E-state index contributed by atoms with van der Waals surface area (Å²) >= 11 is 0. The monoisotopic (exact) mass is 494 g/mol. The number of nitrogens with zero attached hydrogens (tertiary/aromatic N) is 3. The summed E-state index contributed by atoms with van der Waals surface area (Å²) in [4.78, 5) is 20.8. The number of pyridine rings is 2. The molecule has 0 bridgehead atoms. The SMILES string of the molecule is COCC(=O)NC1CCC(Nc2cc(-c3cccc(NCC4(C#N)CCOCC4)n3)c(O)cn2)CC1. The minimum absolute atomic E-state index is 0.0488. The summed E-state index contributed by atoms with van der Waals surface area (Å²) in [7, 11) is 1.51. The van der Waals surface area contributed by atoms with Crippen LogP contribution in [0.15, 0.2) is 30.5 Å². The van der Waals surface area contributed by atoms with Crippen molar-refractivity contribution in [2.24, 2.45) is 5.41 Å². The highest BCUT2D eigenvalue weighted by Gasteiger charge is 2.32. The van der Waals surface area contributed by atoms with Crippen LogP contribution in [-0.4, -0.2) is 66.5 Å². The number of hydrogen-bond donors (Lipinski definition) is 4. The first kappa shape index (κ1) is 25.7. The summed E-state index contributed by atoms with van der Waals surface area (Å²) in [6.07, 6.45) is 6.38. The molecule has 2 aliphatic rings. The number of methoxy groups -OCH3 is 1. The Bertz CT molecular complexity index is 1070. The van der Waals surface area contributed by atoms with Crippen LogP contribution in [0.5, 0.6) is 5.75 Å². The normalized spacial score (nSPS) is 21.2. The molecule has 0 unspecified atom stereocenters. The second kappa shape index (κ2) is 12.0. The third-order valence-corrected chi connectivity index (χ3v) is 6.92. The molecule has 2 aromatic rings. The maximum atomic E-state index is 11.7. The minimum atomic E-state index is -0.461. The summed E-state index contributed by atoms with van der Waals surface area (Å²) in [6.45, 7) is 1.76. The Labute approximate surface area is 211 Å². The van der Waals surface area contributed by atoms with Crippen molar-refractivity contribution in [2.75, 3.05) is 44.1 Å². The summed E-state index contributed by atoms with van der Waals surface area (Å²) in [5.74, 6) is 1.28. The highest BCUT2D eigenvalue weighted by molar-refractivity contribution is 5.77. The average Bonchev–Trinajstić information content (AvgIpc) is 2.90. The Morgan fingerprint density at radius 2 is 1.97 bits per heavy atom. The average molecular weight is 495 g/mol. The second-order valence-corrected chi connectivity index (χ2v) is 9.55. The van der Waals surface area contributed by atoms with E-state index in [1.165, 1.54) is 13.3 Å². The molecule has 0 aromatic carbocycles. The number of amides is 1. The highest BCUT2D eigenvalue weighted by Crippen LogP contribution is 2.32. The number of carbonyl (C=O) groups excluding carboxylic acids is 1. The Balaban J connectivity index is 1.38. The molecule has 1 saturated heterocycles. The lowest BCUT2D eigenvalue weighted by molar-refractivity contribution is -0.125. The number of nitriles is 1. The van der Waals surface area contributed by atoms with E-state index in [-0.39, 0.29) is 30.3 Å². The fourth-order valence-corrected chi connectivity index (χ4v) is 4.76. The van der Waals surface area contributed by atoms with Crippen LogP contribution in [0.25, 0.3) is 11.3 Å². The molecule has 2 fully saturated rings. The predicted molar refractivity (Wildman–Crippen MR) is 135 cm³/mol. The van der Waals surface area contributed by atoms with Crippen molar-refractivity contribution in [1.82, 2.24) is 15.3 Å². The van der Waals surface area contributed by atoms with Crippen LogP contribution in [0.3, 0.4) is 0 Å². The van der Waals surface area contributed by atoms with Gasteiger partial charge in [-0.1, -0.05) is 6.07 Å². The summed E-state index contributed by atoms with van der Waals surface area (Å²) < 4.78 is 10.3. The number of ether oxygens (including phenoxy) is 2. The molecule has 2 aromatic heterocycles. The van der Waals surface area contributed by atoms with Crippen molar-refractivity contribution in [3.8, 4) is 23.1 Å². The Hall–Kier alpha value is -3.42. The van der Waals surface area contributed by atoms with Gasteiger partial charge >= 0.3 is 0 Å². The Morgan fingerprint density at radius 3 is 2.69 bits per heavy atom. The zero-order valence-corrected chi connectivity index (χ0v) is 20.6. The smallest absolute Gasteiger partial charge is 0.246 e. The Morgan fingerprint density at radius 1 is 1.22 bits per heavy atom. The van der Waals surface area contributed by atoms with E-state index < -0.39 is 5.41 Å². The van der Waals surface area contributed by atoms with E-state index in [2.05, 4.69) is 32.0 Å². The fourth-order valence-electron chi connectivity index (χ4n) is 4.76. The molecule has 10 heteroatoms. The van der Waals surface area contributed by atoms with Gasteiger partial charge in [0, 0.05) is 44.5 Å². The first-order valence-electron chi connectivity index (χ1n) is 12.4. The van der Waals surface area contributed by atoms with Gasteiger partial charge in [0.25, 0.3) is 0 Å². The third kappa shape index (κ3) is 6.62. The van der Waals surface area contributed by atoms with Crippen LogP contribution >= 0.6 is 0 Å². The molecule has 1 aliphatic carbocycles. The van der Waals surface area contributed by atoms with Gasteiger partial charge in [-0.05, 0) is 56.7 Å². The van der Waals surface area contributed by atoms with Crippen molar-refractivity contribution < 1.29 is 19.4 Å². The first-order valence-corrected chi connectivity index (χ1v) is 12.4. The summed E-state index contributed by atoms with van der Waals surface area (Å²) in [5.41, 5.74) is 0.737. The maximum Gasteiger partial charge on any atom is 0.246 e. The van der Waals surface area contributed by atoms with Gasteiger partial charge in [-0.2, -0.15) is 5.26 Å². The lowest BCUT2D eigenvalue weighted by atomic mass is 9.82. The minimum Gasteiger partial charge on any atom is -0.506 e. The molecule has 1 saturated carbocycles. The molecule has 0 radical (unpaired) electrons. The lowest BCUT2D eigenvalue weighted by Gasteiger charge is -2.30. The Kier molecular flexibility index (Phi) is 8.57. The molecule has 3 heterocycles. The molecular weight excluding hydrogens is 460 g/mol. The largest absolute Gasteiger partial charge is 0.506 e. The molecule has 192 valence electrons. The van der Waals surface area contributed by atoms with Gasteiger partial charge < -0.3 is 30.5 Å². The van der Waals surface area contributed by atoms with Gasteiger partial charge in [-0.3, -0.25) is 4.79 Å². The molecular formula is C26H34N6O4. The molecule has 10 nitrogen and oxygen atoms in total. The van der Waals surface area contributed by atoms with Crippen molar-refractivity contribution in [1.29, 1.82) is 5.26 Å². The van der Waals surface area contributed by atoms with Crippen LogP contribution < -0.4 is 16.0 Å². The molecule has 1 aliphatic heterocycles. The van der Waals surface area contributed by atoms with Crippen molar-refractivity contribution in [3.63, 3.8) is 0 Å². The molecule has 1 amide bonds. The van der Waals surface area contributed by atoms with Crippen LogP contribution in [0.4, 0.5) is 11.6 Å². The van der Waals surface area contributed by atoms with Crippen LogP contribution in [0, 0.1) is 16.7 Å². The number of aromatic hydroxyl groups is 1. The summed E-state index contributed by atoms with van der Waals surface area (Å²) in [5, 5.41) is 30.0. The molecule has 0 spiro atoms. The van der Waals surface area contributed by atoms with Crippen LogP contribution in [0.2, 0.25) is 0 Å². The lowest BCUT2D eigenvalue weighted by Crippen LogP contribution is -2.41. The number of carbonyl (C=O) groups is 1. The van der Waals surface area contributed by atoms with E-state index in [1.54, 1.807) is 0 Å². The number of anilines is 2. The van der Waals surface area contributed by atoms with E-state index in [1.807, 2.05) is 24.3 Å². The van der Waals surface area contributed by atoms with Crippen LogP contribution in [0.1, 0.15) is 38.5 Å². The van der Waals surface area contributed by atoms with E-state index in [9.17, 15) is 15.2 Å². The standard InChI is InChI=1S/C26H34N6O4/c1-35-15-25(34)31-19-7-5-18(6-8-19)30-24-13-20(22(33)14-28-24)21-3-2-4-23(32-21)29-17-26(16-27)9-11-36-12-10-26/h2-4,13-14,18-19,33H,5-12,15,17H2,1H3,(H,28,30)(H,29,32)(H,31,34). The molecule has 4 rings (SSSR count). The van der Waals surface area contributed by atoms with E-state index >= 15 is 0 Å². The second-order valence-electron chi connectivity index (χ2n) is 9.55. The van der Waals surface area contributed by atoms with Gasteiger partial charge in [0.05, 0.1) is 23.4 Å². The highest BCUT2D eigenvalue weighted by atomic mass is 16.5. The van der Waals surface area contributed by atoms with Crippen molar-refractivity contribution >= 4 is 17.5 Å².